The molecule has 1 aromatic carbocycles. The summed E-state index contributed by atoms with van der Waals surface area (Å²) in [4.78, 5) is 25.9. The Morgan fingerprint density at radius 3 is 2.67 bits per heavy atom. The number of nitrogens with zero attached hydrogens (tertiary/aromatic N) is 4. The standard InChI is InChI=1S/C19H16ClN5OS/c1-11-7-8-21-19(22-11)27-10-15-9-16(26)25-18(23-15)17(12(2)24-25)13-3-5-14(20)6-4-13/h3-9,24H,10H2,1-2H3. The first-order valence-corrected chi connectivity index (χ1v) is 9.67. The number of nitrogens with one attached hydrogen (secondary N) is 1. The predicted molar refractivity (Wildman–Crippen MR) is 107 cm³/mol. The molecule has 3 heterocycles. The molecule has 0 aliphatic heterocycles. The van der Waals surface area contributed by atoms with E-state index in [0.29, 0.717) is 27.3 Å². The molecule has 0 atom stereocenters. The minimum absolute atomic E-state index is 0.149. The van der Waals surface area contributed by atoms with Gasteiger partial charge < -0.3 is 0 Å². The molecule has 3 aromatic heterocycles. The van der Waals surface area contributed by atoms with E-state index >= 15 is 0 Å². The van der Waals surface area contributed by atoms with Crippen LogP contribution in [0.1, 0.15) is 17.1 Å². The van der Waals surface area contributed by atoms with Crippen LogP contribution in [-0.2, 0) is 5.75 Å². The van der Waals surface area contributed by atoms with E-state index in [4.69, 9.17) is 16.6 Å². The van der Waals surface area contributed by atoms with Crippen molar-refractivity contribution < 1.29 is 0 Å². The fourth-order valence-electron chi connectivity index (χ4n) is 2.87. The molecule has 0 aliphatic rings. The molecule has 0 radical (unpaired) electrons. The Labute approximate surface area is 164 Å². The summed E-state index contributed by atoms with van der Waals surface area (Å²) in [7, 11) is 0. The van der Waals surface area contributed by atoms with Crippen molar-refractivity contribution in [2.45, 2.75) is 24.8 Å². The Hall–Kier alpha value is -2.64. The molecule has 0 spiro atoms. The number of aromatic nitrogens is 5. The number of aromatic amines is 1. The molecular weight excluding hydrogens is 382 g/mol. The maximum atomic E-state index is 12.5. The Morgan fingerprint density at radius 2 is 1.93 bits per heavy atom. The summed E-state index contributed by atoms with van der Waals surface area (Å²) in [6.45, 7) is 3.84. The van der Waals surface area contributed by atoms with Gasteiger partial charge in [0.05, 0.1) is 5.69 Å². The van der Waals surface area contributed by atoms with Crippen molar-refractivity contribution >= 4 is 29.0 Å². The summed E-state index contributed by atoms with van der Waals surface area (Å²) < 4.78 is 1.47. The molecule has 0 saturated heterocycles. The molecule has 1 N–H and O–H groups in total. The van der Waals surface area contributed by atoms with Gasteiger partial charge in [-0.05, 0) is 37.6 Å². The minimum Gasteiger partial charge on any atom is -0.293 e. The normalized spacial score (nSPS) is 11.2. The van der Waals surface area contributed by atoms with E-state index in [-0.39, 0.29) is 5.56 Å². The fourth-order valence-corrected chi connectivity index (χ4v) is 3.76. The lowest BCUT2D eigenvalue weighted by molar-refractivity contribution is 0.871. The minimum atomic E-state index is -0.149. The Morgan fingerprint density at radius 1 is 1.15 bits per heavy atom. The van der Waals surface area contributed by atoms with Crippen molar-refractivity contribution in [2.24, 2.45) is 0 Å². The quantitative estimate of drug-likeness (QED) is 0.415. The second kappa shape index (κ2) is 7.17. The van der Waals surface area contributed by atoms with Gasteiger partial charge in [-0.3, -0.25) is 9.89 Å². The third-order valence-corrected chi connectivity index (χ3v) is 5.25. The highest BCUT2D eigenvalue weighted by atomic mass is 35.5. The largest absolute Gasteiger partial charge is 0.293 e. The second-order valence-electron chi connectivity index (χ2n) is 6.13. The maximum Gasteiger partial charge on any atom is 0.272 e. The fraction of sp³-hybridized carbons (Fsp3) is 0.158. The Kier molecular flexibility index (Phi) is 4.72. The molecule has 0 fully saturated rings. The van der Waals surface area contributed by atoms with E-state index in [1.165, 1.54) is 22.3 Å². The van der Waals surface area contributed by atoms with E-state index in [9.17, 15) is 4.79 Å². The first kappa shape index (κ1) is 17.8. The lowest BCUT2D eigenvalue weighted by Gasteiger charge is -2.04. The lowest BCUT2D eigenvalue weighted by Crippen LogP contribution is -2.15. The molecule has 0 amide bonds. The summed E-state index contributed by atoms with van der Waals surface area (Å²) in [5.74, 6) is 0.513. The molecule has 27 heavy (non-hydrogen) atoms. The zero-order chi connectivity index (χ0) is 19.0. The van der Waals surface area contributed by atoms with Gasteiger partial charge >= 0.3 is 0 Å². The SMILES string of the molecule is Cc1ccnc(SCc2cc(=O)n3[nH]c(C)c(-c4ccc(Cl)cc4)c3n2)n1. The number of benzene rings is 1. The van der Waals surface area contributed by atoms with Gasteiger partial charge in [0.25, 0.3) is 5.56 Å². The number of hydrogen-bond acceptors (Lipinski definition) is 5. The van der Waals surface area contributed by atoms with Crippen molar-refractivity contribution in [3.63, 3.8) is 0 Å². The Balaban J connectivity index is 1.74. The number of H-pyrrole nitrogens is 1. The van der Waals surface area contributed by atoms with Crippen LogP contribution in [0, 0.1) is 13.8 Å². The zero-order valence-corrected chi connectivity index (χ0v) is 16.3. The second-order valence-corrected chi connectivity index (χ2v) is 7.51. The summed E-state index contributed by atoms with van der Waals surface area (Å²) in [6.07, 6.45) is 1.73. The lowest BCUT2D eigenvalue weighted by atomic mass is 10.1. The van der Waals surface area contributed by atoms with Crippen molar-refractivity contribution in [2.75, 3.05) is 0 Å². The highest BCUT2D eigenvalue weighted by Gasteiger charge is 2.15. The number of fused-ring (bicyclic) bond motifs is 1. The van der Waals surface area contributed by atoms with Crippen LogP contribution in [0.3, 0.4) is 0 Å². The average molecular weight is 398 g/mol. The van der Waals surface area contributed by atoms with Crippen LogP contribution in [-0.4, -0.2) is 24.6 Å². The van der Waals surface area contributed by atoms with Crippen LogP contribution >= 0.6 is 23.4 Å². The third kappa shape index (κ3) is 3.61. The monoisotopic (exact) mass is 397 g/mol. The van der Waals surface area contributed by atoms with E-state index in [2.05, 4.69) is 15.1 Å². The molecule has 136 valence electrons. The van der Waals surface area contributed by atoms with Crippen molar-refractivity contribution in [3.8, 4) is 11.1 Å². The van der Waals surface area contributed by atoms with Crippen LogP contribution < -0.4 is 5.56 Å². The van der Waals surface area contributed by atoms with Crippen LogP contribution in [0.25, 0.3) is 16.8 Å². The van der Waals surface area contributed by atoms with Crippen molar-refractivity contribution in [1.29, 1.82) is 0 Å². The number of hydrogen-bond donors (Lipinski definition) is 1. The molecule has 4 rings (SSSR count). The van der Waals surface area contributed by atoms with Gasteiger partial charge in [0.2, 0.25) is 0 Å². The molecule has 0 aliphatic carbocycles. The van der Waals surface area contributed by atoms with Gasteiger partial charge in [-0.25, -0.2) is 19.5 Å². The molecule has 0 saturated carbocycles. The molecule has 8 heteroatoms. The van der Waals surface area contributed by atoms with Gasteiger partial charge in [0.1, 0.15) is 0 Å². The van der Waals surface area contributed by atoms with Crippen molar-refractivity contribution in [1.82, 2.24) is 24.6 Å². The summed E-state index contributed by atoms with van der Waals surface area (Å²) >= 11 is 7.45. The highest BCUT2D eigenvalue weighted by Crippen LogP contribution is 2.28. The number of thioether (sulfide) groups is 1. The average Bonchev–Trinajstić information content (AvgIpc) is 2.98. The van der Waals surface area contributed by atoms with Crippen LogP contribution in [0.15, 0.2) is 52.5 Å². The highest BCUT2D eigenvalue weighted by molar-refractivity contribution is 7.98. The molecule has 6 nitrogen and oxygen atoms in total. The first-order chi connectivity index (χ1) is 13.0. The maximum absolute atomic E-state index is 12.5. The van der Waals surface area contributed by atoms with E-state index in [0.717, 1.165) is 22.5 Å². The summed E-state index contributed by atoms with van der Waals surface area (Å²) in [5.41, 5.74) is 4.75. The van der Waals surface area contributed by atoms with Gasteiger partial charge in [0, 0.05) is 40.0 Å². The molecule has 0 unspecified atom stereocenters. The third-order valence-electron chi connectivity index (χ3n) is 4.10. The van der Waals surface area contributed by atoms with E-state index in [1.807, 2.05) is 44.2 Å². The summed E-state index contributed by atoms with van der Waals surface area (Å²) in [6, 6.07) is 10.9. The summed E-state index contributed by atoms with van der Waals surface area (Å²) in [5, 5.41) is 4.42. The van der Waals surface area contributed by atoms with Gasteiger partial charge in [-0.15, -0.1) is 0 Å². The number of aryl methyl sites for hydroxylation is 2. The number of rotatable bonds is 4. The predicted octanol–water partition coefficient (Wildman–Crippen LogP) is 4.04. The van der Waals surface area contributed by atoms with Crippen LogP contribution in [0.5, 0.6) is 0 Å². The molecular formula is C19H16ClN5OS. The van der Waals surface area contributed by atoms with E-state index < -0.39 is 0 Å². The van der Waals surface area contributed by atoms with Gasteiger partial charge in [0.15, 0.2) is 10.8 Å². The van der Waals surface area contributed by atoms with Gasteiger partial charge in [-0.1, -0.05) is 35.5 Å². The zero-order valence-electron chi connectivity index (χ0n) is 14.7. The number of halogens is 1. The molecule has 0 bridgehead atoms. The van der Waals surface area contributed by atoms with Gasteiger partial charge in [-0.2, -0.15) is 0 Å². The van der Waals surface area contributed by atoms with Crippen LogP contribution in [0.4, 0.5) is 0 Å². The van der Waals surface area contributed by atoms with E-state index in [1.54, 1.807) is 6.20 Å². The van der Waals surface area contributed by atoms with Crippen molar-refractivity contribution in [3.05, 3.63) is 75.1 Å². The molecule has 4 aromatic rings. The smallest absolute Gasteiger partial charge is 0.272 e. The Bertz CT molecular complexity index is 1180. The topological polar surface area (TPSA) is 75.9 Å². The first-order valence-electron chi connectivity index (χ1n) is 8.31. The van der Waals surface area contributed by atoms with Crippen LogP contribution in [0.2, 0.25) is 5.02 Å².